The largest absolute Gasteiger partial charge is 0.457 e. The minimum Gasteiger partial charge on any atom is -0.457 e. The topological polar surface area (TPSA) is 84.5 Å². The zero-order valence-electron chi connectivity index (χ0n) is 9.79. The van der Waals surface area contributed by atoms with E-state index in [9.17, 15) is 0 Å². The summed E-state index contributed by atoms with van der Waals surface area (Å²) in [6, 6.07) is 16.0. The van der Waals surface area contributed by atoms with Crippen LogP contribution in [0.2, 0.25) is 0 Å². The fraction of sp³-hybridized carbons (Fsp3) is 0. The molecule has 4 heteroatoms. The van der Waals surface area contributed by atoms with E-state index in [1.807, 2.05) is 6.07 Å². The molecule has 0 saturated carbocycles. The summed E-state index contributed by atoms with van der Waals surface area (Å²) < 4.78 is 5.52. The molecule has 88 valence electrons. The molecule has 2 rings (SSSR count). The normalized spacial score (nSPS) is 8.89. The highest BCUT2D eigenvalue weighted by Crippen LogP contribution is 2.26. The molecule has 0 unspecified atom stereocenters. The molecule has 0 aliphatic rings. The monoisotopic (exact) mass is 245 g/mol. The summed E-state index contributed by atoms with van der Waals surface area (Å²) in [6.45, 7) is 0. The lowest BCUT2D eigenvalue weighted by atomic mass is 10.1. The Morgan fingerprint density at radius 2 is 1.74 bits per heavy atom. The van der Waals surface area contributed by atoms with E-state index in [-0.39, 0.29) is 5.57 Å². The lowest BCUT2D eigenvalue weighted by Gasteiger charge is -1.98. The van der Waals surface area contributed by atoms with Crippen LogP contribution >= 0.6 is 0 Å². The van der Waals surface area contributed by atoms with E-state index in [4.69, 9.17) is 20.2 Å². The van der Waals surface area contributed by atoms with E-state index in [1.54, 1.807) is 42.5 Å². The quantitative estimate of drug-likeness (QED) is 0.760. The summed E-state index contributed by atoms with van der Waals surface area (Å²) in [5.74, 6) is 0.930. The van der Waals surface area contributed by atoms with Crippen LogP contribution in [0.15, 0.2) is 46.4 Å². The van der Waals surface area contributed by atoms with Crippen LogP contribution in [0.1, 0.15) is 11.3 Å². The van der Waals surface area contributed by atoms with Gasteiger partial charge in [-0.05, 0) is 24.3 Å². The van der Waals surface area contributed by atoms with Crippen LogP contribution in [-0.4, -0.2) is 0 Å². The van der Waals surface area contributed by atoms with E-state index >= 15 is 0 Å². The molecule has 0 radical (unpaired) electrons. The van der Waals surface area contributed by atoms with Crippen LogP contribution in [0.5, 0.6) is 0 Å². The molecule has 0 aliphatic heterocycles. The Labute approximate surface area is 110 Å². The molecular weight excluding hydrogens is 238 g/mol. The molecule has 1 heterocycles. The first kappa shape index (κ1) is 12.2. The third-order valence-electron chi connectivity index (χ3n) is 2.47. The molecule has 0 N–H and O–H groups in total. The van der Waals surface area contributed by atoms with Crippen LogP contribution in [-0.2, 0) is 0 Å². The first-order valence-corrected chi connectivity index (χ1v) is 5.39. The maximum absolute atomic E-state index is 9.02. The van der Waals surface area contributed by atoms with E-state index in [2.05, 4.69) is 6.07 Å². The molecule has 2 aromatic rings. The molecule has 0 amide bonds. The van der Waals surface area contributed by atoms with Gasteiger partial charge in [-0.1, -0.05) is 12.1 Å². The predicted molar refractivity (Wildman–Crippen MR) is 68.1 cm³/mol. The number of hydrogen-bond acceptors (Lipinski definition) is 4. The summed E-state index contributed by atoms with van der Waals surface area (Å²) in [7, 11) is 0. The van der Waals surface area contributed by atoms with E-state index in [1.165, 1.54) is 6.08 Å². The van der Waals surface area contributed by atoms with Crippen LogP contribution < -0.4 is 0 Å². The Balaban J connectivity index is 2.44. The van der Waals surface area contributed by atoms with Gasteiger partial charge in [0.05, 0.1) is 11.6 Å². The van der Waals surface area contributed by atoms with Gasteiger partial charge in [0.25, 0.3) is 0 Å². The molecule has 0 saturated heterocycles. The Morgan fingerprint density at radius 1 is 1.00 bits per heavy atom. The lowest BCUT2D eigenvalue weighted by Crippen LogP contribution is -1.80. The van der Waals surface area contributed by atoms with Gasteiger partial charge < -0.3 is 4.42 Å². The summed E-state index contributed by atoms with van der Waals surface area (Å²) in [5.41, 5.74) is 1.16. The SMILES string of the molecule is N#CC(C#N)=Cc1ccc(-c2ccccc2C#N)o1. The number of benzene rings is 1. The number of nitriles is 3. The van der Waals surface area contributed by atoms with Crippen LogP contribution in [0, 0.1) is 34.0 Å². The minimum absolute atomic E-state index is 0.0329. The van der Waals surface area contributed by atoms with Gasteiger partial charge in [0, 0.05) is 11.6 Å². The third-order valence-corrected chi connectivity index (χ3v) is 2.47. The number of furan rings is 1. The van der Waals surface area contributed by atoms with Gasteiger partial charge in [-0.25, -0.2) is 0 Å². The van der Waals surface area contributed by atoms with Gasteiger partial charge in [0.1, 0.15) is 29.2 Å². The standard InChI is InChI=1S/C15H7N3O/c16-8-11(9-17)7-13-5-6-15(19-13)14-4-2-1-3-12(14)10-18/h1-7H. The van der Waals surface area contributed by atoms with Crippen molar-refractivity contribution in [1.82, 2.24) is 0 Å². The third kappa shape index (κ3) is 2.52. The lowest BCUT2D eigenvalue weighted by molar-refractivity contribution is 0.571. The minimum atomic E-state index is -0.0329. The van der Waals surface area contributed by atoms with Gasteiger partial charge in [-0.3, -0.25) is 0 Å². The van der Waals surface area contributed by atoms with Gasteiger partial charge in [0.15, 0.2) is 0 Å². The average molecular weight is 245 g/mol. The summed E-state index contributed by atoms with van der Waals surface area (Å²) in [6.07, 6.45) is 1.36. The smallest absolute Gasteiger partial charge is 0.136 e. The van der Waals surface area contributed by atoms with Crippen molar-refractivity contribution in [2.45, 2.75) is 0 Å². The molecule has 0 atom stereocenters. The molecule has 0 spiro atoms. The zero-order chi connectivity index (χ0) is 13.7. The second-order valence-corrected chi connectivity index (χ2v) is 3.64. The highest BCUT2D eigenvalue weighted by atomic mass is 16.3. The molecular formula is C15H7N3O. The Hall–Kier alpha value is -3.29. The van der Waals surface area contributed by atoms with Crippen molar-refractivity contribution in [1.29, 1.82) is 15.8 Å². The maximum Gasteiger partial charge on any atom is 0.136 e. The van der Waals surface area contributed by atoms with Crippen LogP contribution in [0.4, 0.5) is 0 Å². The summed E-state index contributed by atoms with van der Waals surface area (Å²) in [5, 5.41) is 26.4. The fourth-order valence-electron chi connectivity index (χ4n) is 1.60. The number of nitrogens with zero attached hydrogens (tertiary/aromatic N) is 3. The molecule has 1 aromatic heterocycles. The fourth-order valence-corrected chi connectivity index (χ4v) is 1.60. The molecule has 0 fully saturated rings. The maximum atomic E-state index is 9.02. The van der Waals surface area contributed by atoms with E-state index in [0.717, 1.165) is 0 Å². The van der Waals surface area contributed by atoms with Crippen molar-refractivity contribution in [2.75, 3.05) is 0 Å². The van der Waals surface area contributed by atoms with E-state index < -0.39 is 0 Å². The molecule has 1 aromatic carbocycles. The first-order chi connectivity index (χ1) is 9.28. The number of hydrogen-bond donors (Lipinski definition) is 0. The van der Waals surface area contributed by atoms with Crippen molar-refractivity contribution in [3.63, 3.8) is 0 Å². The van der Waals surface area contributed by atoms with Crippen molar-refractivity contribution in [2.24, 2.45) is 0 Å². The molecule has 0 aliphatic carbocycles. The predicted octanol–water partition coefficient (Wildman–Crippen LogP) is 3.25. The van der Waals surface area contributed by atoms with Gasteiger partial charge >= 0.3 is 0 Å². The van der Waals surface area contributed by atoms with Crippen molar-refractivity contribution < 1.29 is 4.42 Å². The van der Waals surface area contributed by atoms with E-state index in [0.29, 0.717) is 22.6 Å². The molecule has 19 heavy (non-hydrogen) atoms. The first-order valence-electron chi connectivity index (χ1n) is 5.39. The Morgan fingerprint density at radius 3 is 2.42 bits per heavy atom. The highest BCUT2D eigenvalue weighted by Gasteiger charge is 2.08. The average Bonchev–Trinajstić information content (AvgIpc) is 2.93. The van der Waals surface area contributed by atoms with Crippen molar-refractivity contribution in [3.05, 3.63) is 53.3 Å². The van der Waals surface area contributed by atoms with Crippen molar-refractivity contribution in [3.8, 4) is 29.5 Å². The molecule has 4 nitrogen and oxygen atoms in total. The van der Waals surface area contributed by atoms with Crippen molar-refractivity contribution >= 4 is 6.08 Å². The van der Waals surface area contributed by atoms with Gasteiger partial charge in [-0.15, -0.1) is 0 Å². The Kier molecular flexibility index (Phi) is 3.44. The van der Waals surface area contributed by atoms with Gasteiger partial charge in [-0.2, -0.15) is 15.8 Å². The van der Waals surface area contributed by atoms with Crippen LogP contribution in [0.25, 0.3) is 17.4 Å². The molecule has 0 bridgehead atoms. The second-order valence-electron chi connectivity index (χ2n) is 3.64. The zero-order valence-corrected chi connectivity index (χ0v) is 9.79. The van der Waals surface area contributed by atoms with Crippen LogP contribution in [0.3, 0.4) is 0 Å². The summed E-state index contributed by atoms with van der Waals surface area (Å²) in [4.78, 5) is 0. The Bertz CT molecular complexity index is 748. The highest BCUT2D eigenvalue weighted by molar-refractivity contribution is 5.68. The second kappa shape index (κ2) is 5.36. The summed E-state index contributed by atoms with van der Waals surface area (Å²) >= 11 is 0. The number of allylic oxidation sites excluding steroid dienone is 1. The number of rotatable bonds is 2. The van der Waals surface area contributed by atoms with Gasteiger partial charge in [0.2, 0.25) is 0 Å².